The minimum absolute atomic E-state index is 0.422. The number of ketones is 1. The van der Waals surface area contributed by atoms with Gasteiger partial charge in [-0.1, -0.05) is 19.8 Å². The van der Waals surface area contributed by atoms with E-state index in [-0.39, 0.29) is 0 Å². The molecular weight excluding hydrogens is 248 g/mol. The molecule has 0 spiro atoms. The molecule has 3 rings (SSSR count). The minimum atomic E-state index is -0.422. The van der Waals surface area contributed by atoms with Crippen LogP contribution in [0.15, 0.2) is 0 Å². The highest BCUT2D eigenvalue weighted by Crippen LogP contribution is 2.50. The SMILES string of the molecule is CCOC1(C(=O)CC2CC3CCC2C3)CCCC(C)C1. The molecule has 0 aliphatic heterocycles. The van der Waals surface area contributed by atoms with E-state index >= 15 is 0 Å². The lowest BCUT2D eigenvalue weighted by molar-refractivity contribution is -0.152. The van der Waals surface area contributed by atoms with Crippen molar-refractivity contribution < 1.29 is 9.53 Å². The van der Waals surface area contributed by atoms with Crippen LogP contribution in [0.3, 0.4) is 0 Å². The Morgan fingerprint density at radius 3 is 2.70 bits per heavy atom. The molecule has 0 aromatic carbocycles. The second-order valence-corrected chi connectivity index (χ2v) is 7.69. The van der Waals surface area contributed by atoms with E-state index < -0.39 is 5.60 Å². The molecule has 0 heterocycles. The van der Waals surface area contributed by atoms with Crippen molar-refractivity contribution >= 4 is 5.78 Å². The van der Waals surface area contributed by atoms with Crippen molar-refractivity contribution in [2.24, 2.45) is 23.7 Å². The third-order valence-electron chi connectivity index (χ3n) is 6.22. The second-order valence-electron chi connectivity index (χ2n) is 7.69. The first-order valence-electron chi connectivity index (χ1n) is 8.80. The van der Waals surface area contributed by atoms with E-state index in [0.717, 1.165) is 37.5 Å². The highest BCUT2D eigenvalue weighted by Gasteiger charge is 2.46. The molecule has 0 N–H and O–H groups in total. The van der Waals surface area contributed by atoms with E-state index in [9.17, 15) is 4.79 Å². The average Bonchev–Trinajstić information content (AvgIpc) is 3.01. The summed E-state index contributed by atoms with van der Waals surface area (Å²) in [6.45, 7) is 4.98. The Bertz CT molecular complexity index is 360. The Balaban J connectivity index is 1.66. The van der Waals surface area contributed by atoms with Crippen LogP contribution >= 0.6 is 0 Å². The molecule has 5 unspecified atom stereocenters. The van der Waals surface area contributed by atoms with Crippen LogP contribution in [0.5, 0.6) is 0 Å². The highest BCUT2D eigenvalue weighted by atomic mass is 16.5. The molecule has 3 saturated carbocycles. The molecule has 0 aromatic heterocycles. The number of ether oxygens (including phenoxy) is 1. The van der Waals surface area contributed by atoms with Gasteiger partial charge in [-0.15, -0.1) is 0 Å². The fourth-order valence-corrected chi connectivity index (χ4v) is 5.29. The highest BCUT2D eigenvalue weighted by molar-refractivity contribution is 5.87. The zero-order chi connectivity index (χ0) is 14.2. The van der Waals surface area contributed by atoms with Gasteiger partial charge in [0.05, 0.1) is 0 Å². The van der Waals surface area contributed by atoms with E-state index in [1.165, 1.54) is 32.1 Å². The van der Waals surface area contributed by atoms with Crippen LogP contribution in [0.1, 0.15) is 71.6 Å². The topological polar surface area (TPSA) is 26.3 Å². The van der Waals surface area contributed by atoms with E-state index in [4.69, 9.17) is 4.74 Å². The van der Waals surface area contributed by atoms with Crippen LogP contribution in [0.25, 0.3) is 0 Å². The van der Waals surface area contributed by atoms with Gasteiger partial charge in [0.25, 0.3) is 0 Å². The molecule has 20 heavy (non-hydrogen) atoms. The number of carbonyl (C=O) groups is 1. The number of carbonyl (C=O) groups excluding carboxylic acids is 1. The number of hydrogen-bond donors (Lipinski definition) is 0. The van der Waals surface area contributed by atoms with E-state index in [0.29, 0.717) is 24.2 Å². The summed E-state index contributed by atoms with van der Waals surface area (Å²) < 4.78 is 6.04. The predicted molar refractivity (Wildman–Crippen MR) is 80.6 cm³/mol. The summed E-state index contributed by atoms with van der Waals surface area (Å²) in [5.74, 6) is 3.54. The lowest BCUT2D eigenvalue weighted by atomic mass is 9.73. The van der Waals surface area contributed by atoms with Crippen molar-refractivity contribution in [3.63, 3.8) is 0 Å². The molecule has 2 nitrogen and oxygen atoms in total. The molecule has 0 saturated heterocycles. The maximum atomic E-state index is 13.0. The second kappa shape index (κ2) is 5.79. The zero-order valence-corrected chi connectivity index (χ0v) is 13.2. The van der Waals surface area contributed by atoms with Gasteiger partial charge in [-0.3, -0.25) is 4.79 Å². The molecule has 114 valence electrons. The average molecular weight is 278 g/mol. The molecule has 0 amide bonds. The molecule has 2 bridgehead atoms. The van der Waals surface area contributed by atoms with Crippen LogP contribution in [-0.2, 0) is 9.53 Å². The summed E-state index contributed by atoms with van der Waals surface area (Å²) in [6, 6.07) is 0. The molecule has 3 aliphatic carbocycles. The summed E-state index contributed by atoms with van der Waals surface area (Å²) >= 11 is 0. The molecule has 0 aromatic rings. The van der Waals surface area contributed by atoms with Crippen molar-refractivity contribution in [1.82, 2.24) is 0 Å². The van der Waals surface area contributed by atoms with E-state index in [2.05, 4.69) is 6.92 Å². The first-order chi connectivity index (χ1) is 9.63. The maximum absolute atomic E-state index is 13.0. The zero-order valence-electron chi connectivity index (χ0n) is 13.2. The first-order valence-corrected chi connectivity index (χ1v) is 8.80. The van der Waals surface area contributed by atoms with Gasteiger partial charge in [0.15, 0.2) is 5.78 Å². The minimum Gasteiger partial charge on any atom is -0.367 e. The Kier molecular flexibility index (Phi) is 4.21. The fraction of sp³-hybridized carbons (Fsp3) is 0.944. The maximum Gasteiger partial charge on any atom is 0.164 e. The predicted octanol–water partition coefficient (Wildman–Crippen LogP) is 4.37. The standard InChI is InChI=1S/C18H30O2/c1-3-20-18(8-4-5-13(2)12-18)17(19)11-16-10-14-6-7-15(16)9-14/h13-16H,3-12H2,1-2H3. The van der Waals surface area contributed by atoms with Gasteiger partial charge < -0.3 is 4.74 Å². The third kappa shape index (κ3) is 2.68. The van der Waals surface area contributed by atoms with E-state index in [1.54, 1.807) is 0 Å². The van der Waals surface area contributed by atoms with Crippen molar-refractivity contribution in [1.29, 1.82) is 0 Å². The van der Waals surface area contributed by atoms with Crippen molar-refractivity contribution in [3.05, 3.63) is 0 Å². The molecular formula is C18H30O2. The lowest BCUT2D eigenvalue weighted by Gasteiger charge is -2.39. The van der Waals surface area contributed by atoms with Gasteiger partial charge in [-0.2, -0.15) is 0 Å². The normalized spacial score (nSPS) is 43.9. The van der Waals surface area contributed by atoms with E-state index in [1.807, 2.05) is 6.92 Å². The van der Waals surface area contributed by atoms with Crippen molar-refractivity contribution in [2.75, 3.05) is 6.61 Å². The summed E-state index contributed by atoms with van der Waals surface area (Å²) in [4.78, 5) is 13.0. The number of fused-ring (bicyclic) bond motifs is 2. The Hall–Kier alpha value is -0.370. The van der Waals surface area contributed by atoms with Crippen LogP contribution in [0.4, 0.5) is 0 Å². The Morgan fingerprint density at radius 1 is 1.25 bits per heavy atom. The number of hydrogen-bond acceptors (Lipinski definition) is 2. The summed E-state index contributed by atoms with van der Waals surface area (Å²) in [7, 11) is 0. The van der Waals surface area contributed by atoms with Gasteiger partial charge >= 0.3 is 0 Å². The molecule has 2 heteroatoms. The van der Waals surface area contributed by atoms with Crippen LogP contribution in [-0.4, -0.2) is 18.0 Å². The van der Waals surface area contributed by atoms with Crippen molar-refractivity contribution in [3.8, 4) is 0 Å². The van der Waals surface area contributed by atoms with Gasteiger partial charge in [0.1, 0.15) is 5.60 Å². The smallest absolute Gasteiger partial charge is 0.164 e. The monoisotopic (exact) mass is 278 g/mol. The number of rotatable bonds is 5. The number of Topliss-reactive ketones (excluding diaryl/α,β-unsaturated/α-hetero) is 1. The quantitative estimate of drug-likeness (QED) is 0.746. The third-order valence-corrected chi connectivity index (χ3v) is 6.22. The van der Waals surface area contributed by atoms with Crippen molar-refractivity contribution in [2.45, 2.75) is 77.2 Å². The molecule has 3 aliphatic rings. The summed E-state index contributed by atoms with van der Waals surface area (Å²) in [6.07, 6.45) is 10.6. The lowest BCUT2D eigenvalue weighted by Crippen LogP contribution is -2.46. The molecule has 3 fully saturated rings. The van der Waals surface area contributed by atoms with Gasteiger partial charge in [0.2, 0.25) is 0 Å². The molecule has 0 radical (unpaired) electrons. The summed E-state index contributed by atoms with van der Waals surface area (Å²) in [5, 5.41) is 0. The van der Waals surface area contributed by atoms with Gasteiger partial charge in [-0.25, -0.2) is 0 Å². The fourth-order valence-electron chi connectivity index (χ4n) is 5.29. The van der Waals surface area contributed by atoms with Crippen LogP contribution < -0.4 is 0 Å². The first kappa shape index (κ1) is 14.6. The summed E-state index contributed by atoms with van der Waals surface area (Å²) in [5.41, 5.74) is -0.422. The Morgan fingerprint density at radius 2 is 2.10 bits per heavy atom. The van der Waals surface area contributed by atoms with Gasteiger partial charge in [0, 0.05) is 13.0 Å². The largest absolute Gasteiger partial charge is 0.367 e. The van der Waals surface area contributed by atoms with Crippen LogP contribution in [0.2, 0.25) is 0 Å². The Labute approximate surface area is 123 Å². The van der Waals surface area contributed by atoms with Crippen LogP contribution in [0, 0.1) is 23.7 Å². The molecule has 5 atom stereocenters. The van der Waals surface area contributed by atoms with Gasteiger partial charge in [-0.05, 0) is 69.1 Å².